The van der Waals surface area contributed by atoms with Crippen molar-refractivity contribution in [1.82, 2.24) is 29.5 Å². The van der Waals surface area contributed by atoms with Crippen molar-refractivity contribution in [2.24, 2.45) is 0 Å². The number of para-hydroxylation sites is 1. The predicted molar refractivity (Wildman–Crippen MR) is 167 cm³/mol. The van der Waals surface area contributed by atoms with Crippen molar-refractivity contribution < 1.29 is 0 Å². The smallest absolute Gasteiger partial charge is 0.263 e. The average Bonchev–Trinajstić information content (AvgIpc) is 2.99. The highest BCUT2D eigenvalue weighted by Crippen LogP contribution is 2.36. The minimum atomic E-state index is -0.541. The molecule has 0 saturated heterocycles. The van der Waals surface area contributed by atoms with Gasteiger partial charge in [0.05, 0.1) is 22.1 Å². The molecule has 0 fully saturated rings. The van der Waals surface area contributed by atoms with Crippen LogP contribution in [0.2, 0.25) is 5.02 Å². The first-order chi connectivity index (χ1) is 20.3. The molecule has 4 heterocycles. The number of benzene rings is 2. The number of rotatable bonds is 7. The molecule has 210 valence electrons. The third-order valence-electron chi connectivity index (χ3n) is 6.89. The van der Waals surface area contributed by atoms with E-state index >= 15 is 0 Å². The molecule has 6 rings (SSSR count). The number of halogens is 1. The predicted octanol–water partition coefficient (Wildman–Crippen LogP) is 5.73. The second-order valence-corrected chi connectivity index (χ2v) is 10.5. The van der Waals surface area contributed by atoms with E-state index in [9.17, 15) is 9.59 Å². The molecule has 0 bridgehead atoms. The van der Waals surface area contributed by atoms with Crippen molar-refractivity contribution in [3.8, 4) is 16.8 Å². The fraction of sp³-hybridized carbons (Fsp3) is 0.161. The quantitative estimate of drug-likeness (QED) is 0.219. The molecule has 11 heteroatoms. The molecule has 0 amide bonds. The number of H-pyrrole nitrogens is 1. The van der Waals surface area contributed by atoms with Gasteiger partial charge >= 0.3 is 0 Å². The van der Waals surface area contributed by atoms with E-state index in [1.54, 1.807) is 17.0 Å². The van der Waals surface area contributed by atoms with E-state index in [1.165, 1.54) is 18.6 Å². The van der Waals surface area contributed by atoms with Crippen LogP contribution in [0.25, 0.3) is 38.6 Å². The van der Waals surface area contributed by atoms with E-state index in [2.05, 4.69) is 35.6 Å². The third kappa shape index (κ3) is 4.86. The molecule has 0 spiro atoms. The van der Waals surface area contributed by atoms with E-state index in [1.807, 2.05) is 69.3 Å². The van der Waals surface area contributed by atoms with Crippen LogP contribution in [-0.2, 0) is 0 Å². The Kier molecular flexibility index (Phi) is 7.13. The second kappa shape index (κ2) is 11.1. The number of hydrogen-bond acceptors (Lipinski definition) is 8. The lowest BCUT2D eigenvalue weighted by Crippen LogP contribution is -2.27. The number of aromatic amines is 1. The molecule has 0 aliphatic carbocycles. The molecule has 0 aliphatic rings. The van der Waals surface area contributed by atoms with Gasteiger partial charge in [-0.15, -0.1) is 0 Å². The van der Waals surface area contributed by atoms with Crippen molar-refractivity contribution in [3.05, 3.63) is 111 Å². The van der Waals surface area contributed by atoms with Crippen LogP contribution in [0.4, 0.5) is 11.8 Å². The Morgan fingerprint density at radius 3 is 2.36 bits per heavy atom. The van der Waals surface area contributed by atoms with Crippen LogP contribution in [-0.4, -0.2) is 35.5 Å². The van der Waals surface area contributed by atoms with Crippen molar-refractivity contribution >= 4 is 45.2 Å². The normalized spacial score (nSPS) is 12.1. The fourth-order valence-electron chi connectivity index (χ4n) is 5.07. The summed E-state index contributed by atoms with van der Waals surface area (Å²) in [5.41, 5.74) is 2.43. The van der Waals surface area contributed by atoms with E-state index in [0.717, 1.165) is 0 Å². The Morgan fingerprint density at radius 1 is 0.857 bits per heavy atom. The minimum absolute atomic E-state index is 0.179. The fourth-order valence-corrected chi connectivity index (χ4v) is 5.48. The van der Waals surface area contributed by atoms with Gasteiger partial charge in [0.15, 0.2) is 5.43 Å². The Balaban J connectivity index is 1.56. The Hall–Kier alpha value is -5.09. The van der Waals surface area contributed by atoms with E-state index in [0.29, 0.717) is 61.1 Å². The van der Waals surface area contributed by atoms with Crippen LogP contribution in [0.1, 0.15) is 32.5 Å². The maximum absolute atomic E-state index is 14.5. The van der Waals surface area contributed by atoms with Gasteiger partial charge in [0, 0.05) is 47.3 Å². The van der Waals surface area contributed by atoms with Crippen LogP contribution in [0, 0.1) is 0 Å². The van der Waals surface area contributed by atoms with E-state index in [4.69, 9.17) is 11.6 Å². The molecule has 4 aromatic heterocycles. The molecular weight excluding hydrogens is 552 g/mol. The highest BCUT2D eigenvalue weighted by molar-refractivity contribution is 6.36. The van der Waals surface area contributed by atoms with Crippen molar-refractivity contribution in [2.45, 2.75) is 32.9 Å². The van der Waals surface area contributed by atoms with Gasteiger partial charge in [-0.05, 0) is 38.5 Å². The van der Waals surface area contributed by atoms with Crippen molar-refractivity contribution in [3.63, 3.8) is 0 Å². The number of pyridine rings is 2. The lowest BCUT2D eigenvalue weighted by molar-refractivity contribution is 0.774. The molecule has 0 radical (unpaired) electrons. The zero-order chi connectivity index (χ0) is 29.4. The zero-order valence-corrected chi connectivity index (χ0v) is 23.8. The molecule has 3 N–H and O–H groups in total. The summed E-state index contributed by atoms with van der Waals surface area (Å²) in [5.74, 6) is 0.838. The van der Waals surface area contributed by atoms with E-state index in [-0.39, 0.29) is 17.0 Å². The minimum Gasteiger partial charge on any atom is -0.361 e. The molecule has 42 heavy (non-hydrogen) atoms. The first-order valence-corrected chi connectivity index (χ1v) is 13.8. The number of nitrogens with one attached hydrogen (secondary N) is 3. The highest BCUT2D eigenvalue weighted by Gasteiger charge is 2.24. The zero-order valence-electron chi connectivity index (χ0n) is 23.1. The first-order valence-electron chi connectivity index (χ1n) is 13.4. The summed E-state index contributed by atoms with van der Waals surface area (Å²) in [5, 5.41) is 8.23. The number of fused-ring (bicyclic) bond motifs is 2. The molecule has 10 nitrogen and oxygen atoms in total. The topological polar surface area (TPSA) is 130 Å². The molecule has 0 aliphatic heterocycles. The third-order valence-corrected chi connectivity index (χ3v) is 7.29. The Labute approximate surface area is 245 Å². The second-order valence-electron chi connectivity index (χ2n) is 10.2. The number of hydrogen-bond donors (Lipinski definition) is 3. The number of anilines is 2. The van der Waals surface area contributed by atoms with Crippen LogP contribution >= 0.6 is 11.6 Å². The highest BCUT2D eigenvalue weighted by atomic mass is 35.5. The maximum Gasteiger partial charge on any atom is 0.263 e. The SMILES string of the molecule is CC(C)Nc1ncc(-c2cccc3c(Cl)c([C@H](C)Nc4ncnc5[nH]ccc(=O)c45)n(-c4ccccc4)c(=O)c23)cn1. The van der Waals surface area contributed by atoms with Crippen LogP contribution in [0.3, 0.4) is 0 Å². The average molecular weight is 579 g/mol. The molecule has 0 saturated carbocycles. The Bertz CT molecular complexity index is 2030. The maximum atomic E-state index is 14.5. The van der Waals surface area contributed by atoms with Crippen LogP contribution in [0.5, 0.6) is 0 Å². The lowest BCUT2D eigenvalue weighted by atomic mass is 9.99. The first kappa shape index (κ1) is 27.1. The summed E-state index contributed by atoms with van der Waals surface area (Å²) in [6, 6.07) is 15.9. The summed E-state index contributed by atoms with van der Waals surface area (Å²) >= 11 is 7.18. The van der Waals surface area contributed by atoms with Crippen LogP contribution < -0.4 is 21.6 Å². The largest absolute Gasteiger partial charge is 0.361 e. The molecule has 2 aromatic carbocycles. The lowest BCUT2D eigenvalue weighted by Gasteiger charge is -2.24. The summed E-state index contributed by atoms with van der Waals surface area (Å²) < 4.78 is 1.61. The molecule has 0 unspecified atom stereocenters. The summed E-state index contributed by atoms with van der Waals surface area (Å²) in [6.45, 7) is 5.89. The summed E-state index contributed by atoms with van der Waals surface area (Å²) in [6.07, 6.45) is 6.30. The molecule has 1 atom stereocenters. The molecular formula is C31H27ClN8O2. The van der Waals surface area contributed by atoms with Gasteiger partial charge in [0.25, 0.3) is 5.56 Å². The van der Waals surface area contributed by atoms with Gasteiger partial charge < -0.3 is 15.6 Å². The summed E-state index contributed by atoms with van der Waals surface area (Å²) in [7, 11) is 0. The molecule has 6 aromatic rings. The Morgan fingerprint density at radius 2 is 1.62 bits per heavy atom. The van der Waals surface area contributed by atoms with Gasteiger partial charge in [-0.3, -0.25) is 14.2 Å². The monoisotopic (exact) mass is 578 g/mol. The number of aromatic nitrogens is 6. The van der Waals surface area contributed by atoms with Gasteiger partial charge in [-0.25, -0.2) is 19.9 Å². The van der Waals surface area contributed by atoms with Crippen molar-refractivity contribution in [1.29, 1.82) is 0 Å². The van der Waals surface area contributed by atoms with Gasteiger partial charge in [0.1, 0.15) is 23.2 Å². The van der Waals surface area contributed by atoms with Crippen molar-refractivity contribution in [2.75, 3.05) is 10.6 Å². The number of nitrogens with zero attached hydrogens (tertiary/aromatic N) is 5. The van der Waals surface area contributed by atoms with E-state index < -0.39 is 6.04 Å². The summed E-state index contributed by atoms with van der Waals surface area (Å²) in [4.78, 5) is 47.6. The van der Waals surface area contributed by atoms with Gasteiger partial charge in [0.2, 0.25) is 5.95 Å². The van der Waals surface area contributed by atoms with Crippen LogP contribution in [0.15, 0.2) is 89.1 Å². The standard InChI is InChI=1S/C31H27ClN8O2/c1-17(2)38-31-34-14-19(15-35-31)21-10-7-11-22-24(21)30(42)40(20-8-5-4-6-9-20)27(26(22)32)18(3)39-29-25-23(41)12-13-33-28(25)36-16-37-29/h4-18H,1-3H3,(H,34,35,38)(H2,33,36,37,39,41)/t18-/m0/s1. The van der Waals surface area contributed by atoms with Gasteiger partial charge in [-0.2, -0.15) is 0 Å². The van der Waals surface area contributed by atoms with Gasteiger partial charge in [-0.1, -0.05) is 48.0 Å².